The highest BCUT2D eigenvalue weighted by atomic mass is 16.5. The summed E-state index contributed by atoms with van der Waals surface area (Å²) in [5.74, 6) is -0.150. The average Bonchev–Trinajstić information content (AvgIpc) is 2.83. The molecule has 0 spiro atoms. The number of H-pyrrole nitrogens is 1. The molecule has 0 radical (unpaired) electrons. The molecule has 1 aromatic rings. The number of carbonyl (C=O) groups excluding carboxylic acids is 2. The molecule has 0 unspecified atom stereocenters. The van der Waals surface area contributed by atoms with Gasteiger partial charge in [-0.25, -0.2) is 0 Å². The molecular formula is C16H24N4O3. The lowest BCUT2D eigenvalue weighted by atomic mass is 9.99. The van der Waals surface area contributed by atoms with Crippen molar-refractivity contribution in [3.8, 4) is 0 Å². The zero-order chi connectivity index (χ0) is 16.6. The maximum absolute atomic E-state index is 12.9. The molecule has 0 saturated carbocycles. The van der Waals surface area contributed by atoms with Gasteiger partial charge in [0.05, 0.1) is 17.9 Å². The van der Waals surface area contributed by atoms with Crippen molar-refractivity contribution >= 4 is 11.8 Å². The van der Waals surface area contributed by atoms with Gasteiger partial charge < -0.3 is 14.5 Å². The summed E-state index contributed by atoms with van der Waals surface area (Å²) in [4.78, 5) is 28.5. The molecule has 2 aliphatic rings. The van der Waals surface area contributed by atoms with Gasteiger partial charge >= 0.3 is 0 Å². The zero-order valence-electron chi connectivity index (χ0n) is 14.0. The predicted octanol–water partition coefficient (Wildman–Crippen LogP) is 1.13. The van der Waals surface area contributed by atoms with Crippen molar-refractivity contribution in [3.05, 3.63) is 17.0 Å². The molecule has 1 N–H and O–H groups in total. The summed E-state index contributed by atoms with van der Waals surface area (Å²) in [6.45, 7) is 8.03. The van der Waals surface area contributed by atoms with E-state index in [-0.39, 0.29) is 30.6 Å². The molecule has 0 bridgehead atoms. The molecule has 1 aromatic heterocycles. The summed E-state index contributed by atoms with van der Waals surface area (Å²) in [5.41, 5.74) is 2.26. The van der Waals surface area contributed by atoms with Gasteiger partial charge in [0.2, 0.25) is 5.91 Å². The van der Waals surface area contributed by atoms with Crippen molar-refractivity contribution in [1.82, 2.24) is 20.0 Å². The normalized spacial score (nSPS) is 25.3. The number of aromatic amines is 1. The number of likely N-dealkylation sites (N-methyl/N-ethyl adjacent to an activating group) is 1. The highest BCUT2D eigenvalue weighted by molar-refractivity contribution is 5.96. The van der Waals surface area contributed by atoms with E-state index in [1.807, 2.05) is 20.8 Å². The van der Waals surface area contributed by atoms with Crippen molar-refractivity contribution in [2.75, 3.05) is 26.2 Å². The van der Waals surface area contributed by atoms with Crippen LogP contribution in [-0.2, 0) is 16.0 Å². The number of hydrogen-bond acceptors (Lipinski definition) is 4. The SMILES string of the molecule is CCN1CCCN(C(=O)c2n[nH]c3c2C[C@H](C)O[C@@H]3C)CC1=O. The molecule has 1 saturated heterocycles. The topological polar surface area (TPSA) is 78.5 Å². The van der Waals surface area contributed by atoms with E-state index in [9.17, 15) is 9.59 Å². The van der Waals surface area contributed by atoms with E-state index in [0.717, 1.165) is 17.7 Å². The first-order chi connectivity index (χ1) is 11.0. The van der Waals surface area contributed by atoms with Gasteiger partial charge in [-0.05, 0) is 27.2 Å². The fourth-order valence-electron chi connectivity index (χ4n) is 3.43. The summed E-state index contributed by atoms with van der Waals surface area (Å²) >= 11 is 0. The van der Waals surface area contributed by atoms with Crippen LogP contribution in [0.4, 0.5) is 0 Å². The Bertz CT molecular complexity index is 612. The second-order valence-corrected chi connectivity index (χ2v) is 6.31. The van der Waals surface area contributed by atoms with Crippen LogP contribution in [0.5, 0.6) is 0 Å². The second kappa shape index (κ2) is 6.31. The van der Waals surface area contributed by atoms with Gasteiger partial charge in [-0.1, -0.05) is 0 Å². The van der Waals surface area contributed by atoms with Crippen LogP contribution in [0.1, 0.15) is 55.0 Å². The standard InChI is InChI=1S/C16H24N4O3/c1-4-19-6-5-7-20(9-13(19)21)16(22)15-12-8-10(2)23-11(3)14(12)17-18-15/h10-11H,4-9H2,1-3H3,(H,17,18)/t10-,11+/m0/s1. The van der Waals surface area contributed by atoms with Crippen molar-refractivity contribution < 1.29 is 14.3 Å². The van der Waals surface area contributed by atoms with Gasteiger partial charge in [0.15, 0.2) is 5.69 Å². The highest BCUT2D eigenvalue weighted by Crippen LogP contribution is 2.30. The minimum Gasteiger partial charge on any atom is -0.369 e. The van der Waals surface area contributed by atoms with E-state index in [0.29, 0.717) is 31.7 Å². The molecule has 7 heteroatoms. The van der Waals surface area contributed by atoms with E-state index in [2.05, 4.69) is 10.2 Å². The smallest absolute Gasteiger partial charge is 0.275 e. The summed E-state index contributed by atoms with van der Waals surface area (Å²) in [5, 5.41) is 7.18. The number of hydrogen-bond donors (Lipinski definition) is 1. The second-order valence-electron chi connectivity index (χ2n) is 6.31. The van der Waals surface area contributed by atoms with Crippen LogP contribution in [0.15, 0.2) is 0 Å². The molecule has 0 aliphatic carbocycles. The first kappa shape index (κ1) is 16.0. The van der Waals surface area contributed by atoms with E-state index in [1.165, 1.54) is 0 Å². The Kier molecular flexibility index (Phi) is 4.39. The number of fused-ring (bicyclic) bond motifs is 1. The molecule has 2 amide bonds. The largest absolute Gasteiger partial charge is 0.369 e. The van der Waals surface area contributed by atoms with Gasteiger partial charge in [0.1, 0.15) is 6.54 Å². The zero-order valence-corrected chi connectivity index (χ0v) is 14.0. The Balaban J connectivity index is 1.83. The van der Waals surface area contributed by atoms with Crippen molar-refractivity contribution in [1.29, 1.82) is 0 Å². The lowest BCUT2D eigenvalue weighted by molar-refractivity contribution is -0.130. The Labute approximate surface area is 136 Å². The van der Waals surface area contributed by atoms with Crippen LogP contribution < -0.4 is 0 Å². The maximum atomic E-state index is 12.9. The number of aromatic nitrogens is 2. The third-order valence-corrected chi connectivity index (χ3v) is 4.64. The molecule has 3 rings (SSSR count). The lowest BCUT2D eigenvalue weighted by Crippen LogP contribution is -2.39. The Hall–Kier alpha value is -1.89. The molecule has 7 nitrogen and oxygen atoms in total. The van der Waals surface area contributed by atoms with Gasteiger partial charge in [-0.2, -0.15) is 5.10 Å². The minimum atomic E-state index is -0.157. The number of rotatable bonds is 2. The van der Waals surface area contributed by atoms with Crippen molar-refractivity contribution in [2.45, 2.75) is 45.8 Å². The maximum Gasteiger partial charge on any atom is 0.275 e. The fraction of sp³-hybridized carbons (Fsp3) is 0.688. The molecule has 2 aliphatic heterocycles. The molecular weight excluding hydrogens is 296 g/mol. The predicted molar refractivity (Wildman–Crippen MR) is 84.0 cm³/mol. The van der Waals surface area contributed by atoms with Crippen molar-refractivity contribution in [2.24, 2.45) is 0 Å². The molecule has 3 heterocycles. The summed E-state index contributed by atoms with van der Waals surface area (Å²) in [7, 11) is 0. The number of ether oxygens (including phenoxy) is 1. The van der Waals surface area contributed by atoms with Gasteiger partial charge in [-0.15, -0.1) is 0 Å². The van der Waals surface area contributed by atoms with Crippen LogP contribution >= 0.6 is 0 Å². The lowest BCUT2D eigenvalue weighted by Gasteiger charge is -2.26. The van der Waals surface area contributed by atoms with E-state index >= 15 is 0 Å². The molecule has 0 aromatic carbocycles. The highest BCUT2D eigenvalue weighted by Gasteiger charge is 2.33. The number of amides is 2. The monoisotopic (exact) mass is 320 g/mol. The van der Waals surface area contributed by atoms with Gasteiger partial charge in [0.25, 0.3) is 5.91 Å². The van der Waals surface area contributed by atoms with E-state index in [4.69, 9.17) is 4.74 Å². The molecule has 1 fully saturated rings. The van der Waals surface area contributed by atoms with Crippen LogP contribution in [-0.4, -0.2) is 64.1 Å². The van der Waals surface area contributed by atoms with Crippen LogP contribution in [0.3, 0.4) is 0 Å². The quantitative estimate of drug-likeness (QED) is 0.886. The number of carbonyl (C=O) groups is 2. The Morgan fingerprint density at radius 1 is 1.39 bits per heavy atom. The Morgan fingerprint density at radius 2 is 2.17 bits per heavy atom. The number of nitrogens with zero attached hydrogens (tertiary/aromatic N) is 3. The van der Waals surface area contributed by atoms with E-state index in [1.54, 1.807) is 9.80 Å². The third-order valence-electron chi connectivity index (χ3n) is 4.64. The summed E-state index contributed by atoms with van der Waals surface area (Å²) in [6.07, 6.45) is 1.43. The third kappa shape index (κ3) is 2.97. The Morgan fingerprint density at radius 3 is 2.91 bits per heavy atom. The molecule has 23 heavy (non-hydrogen) atoms. The summed E-state index contributed by atoms with van der Waals surface area (Å²) < 4.78 is 5.76. The minimum absolute atomic E-state index is 0.00724. The first-order valence-electron chi connectivity index (χ1n) is 8.30. The summed E-state index contributed by atoms with van der Waals surface area (Å²) in [6, 6.07) is 0. The van der Waals surface area contributed by atoms with E-state index < -0.39 is 0 Å². The molecule has 2 atom stereocenters. The van der Waals surface area contributed by atoms with Crippen LogP contribution in [0.2, 0.25) is 0 Å². The van der Waals surface area contributed by atoms with Crippen molar-refractivity contribution in [3.63, 3.8) is 0 Å². The average molecular weight is 320 g/mol. The van der Waals surface area contributed by atoms with Gasteiger partial charge in [-0.3, -0.25) is 14.7 Å². The first-order valence-corrected chi connectivity index (χ1v) is 8.30. The molecule has 126 valence electrons. The van der Waals surface area contributed by atoms with Crippen LogP contribution in [0.25, 0.3) is 0 Å². The van der Waals surface area contributed by atoms with Gasteiger partial charge in [0, 0.05) is 31.6 Å². The number of nitrogens with one attached hydrogen (secondary N) is 1. The van der Waals surface area contributed by atoms with Crippen LogP contribution in [0, 0.1) is 0 Å². The fourth-order valence-corrected chi connectivity index (χ4v) is 3.43.